The molecule has 1 saturated heterocycles. The van der Waals surface area contributed by atoms with Gasteiger partial charge in [-0.3, -0.25) is 4.90 Å². The Balaban J connectivity index is 1.95. The van der Waals surface area contributed by atoms with Crippen LogP contribution < -0.4 is 0 Å². The third-order valence-electron chi connectivity index (χ3n) is 4.78. The van der Waals surface area contributed by atoms with Crippen LogP contribution in [0.4, 0.5) is 0 Å². The van der Waals surface area contributed by atoms with Gasteiger partial charge >= 0.3 is 0 Å². The molecule has 1 aliphatic heterocycles. The van der Waals surface area contributed by atoms with Crippen molar-refractivity contribution in [3.63, 3.8) is 0 Å². The van der Waals surface area contributed by atoms with E-state index in [1.165, 1.54) is 53.7 Å². The van der Waals surface area contributed by atoms with E-state index in [4.69, 9.17) is 0 Å². The fourth-order valence-corrected chi connectivity index (χ4v) is 3.50. The summed E-state index contributed by atoms with van der Waals surface area (Å²) in [6, 6.07) is 8.76. The second kappa shape index (κ2) is 7.67. The van der Waals surface area contributed by atoms with Gasteiger partial charge in [0.15, 0.2) is 0 Å². The van der Waals surface area contributed by atoms with Crippen LogP contribution in [0.25, 0.3) is 16.6 Å². The highest BCUT2D eigenvalue weighted by atomic mass is 15.1. The molecule has 1 aliphatic rings. The maximum absolute atomic E-state index is 2.57. The first-order valence-electron chi connectivity index (χ1n) is 8.98. The normalized spacial score (nSPS) is 17.5. The van der Waals surface area contributed by atoms with Crippen molar-refractivity contribution >= 4 is 16.6 Å². The summed E-state index contributed by atoms with van der Waals surface area (Å²) in [6.45, 7) is 9.91. The average molecular weight is 320 g/mol. The molecule has 0 bridgehead atoms. The number of nitrogens with zero attached hydrogens (tertiary/aromatic N) is 2. The predicted octanol–water partition coefficient (Wildman–Crippen LogP) is 5.62. The van der Waals surface area contributed by atoms with Crippen LogP contribution in [0.3, 0.4) is 0 Å². The van der Waals surface area contributed by atoms with Gasteiger partial charge in [0, 0.05) is 23.8 Å². The van der Waals surface area contributed by atoms with Gasteiger partial charge in [-0.05, 0) is 64.4 Å². The second-order valence-electron chi connectivity index (χ2n) is 6.74. The third-order valence-corrected chi connectivity index (χ3v) is 4.78. The molecule has 0 N–H and O–H groups in total. The van der Waals surface area contributed by atoms with Crippen molar-refractivity contribution in [3.8, 4) is 0 Å². The Morgan fingerprint density at radius 2 is 1.83 bits per heavy atom. The molecule has 2 heteroatoms. The smallest absolute Gasteiger partial charge is 0.0528 e. The number of hydrogen-bond donors (Lipinski definition) is 0. The number of hydrogen-bond acceptors (Lipinski definition) is 1. The molecule has 3 rings (SSSR count). The fraction of sp³-hybridized carbons (Fsp3) is 0.364. The summed E-state index contributed by atoms with van der Waals surface area (Å²) in [6.07, 6.45) is 13.6. The summed E-state index contributed by atoms with van der Waals surface area (Å²) < 4.78 is 2.33. The molecule has 0 aliphatic carbocycles. The topological polar surface area (TPSA) is 8.17 Å². The lowest BCUT2D eigenvalue weighted by Gasteiger charge is -2.13. The molecular formula is C22H28N2. The first-order valence-corrected chi connectivity index (χ1v) is 8.98. The van der Waals surface area contributed by atoms with Gasteiger partial charge in [-0.15, -0.1) is 0 Å². The molecule has 0 unspecified atom stereocenters. The third kappa shape index (κ3) is 3.70. The van der Waals surface area contributed by atoms with Crippen LogP contribution in [0.15, 0.2) is 60.3 Å². The van der Waals surface area contributed by atoms with Crippen LogP contribution >= 0.6 is 0 Å². The molecule has 24 heavy (non-hydrogen) atoms. The van der Waals surface area contributed by atoms with Gasteiger partial charge in [-0.2, -0.15) is 0 Å². The van der Waals surface area contributed by atoms with Crippen molar-refractivity contribution in [3.05, 3.63) is 65.9 Å². The molecular weight excluding hydrogens is 292 g/mol. The van der Waals surface area contributed by atoms with Crippen LogP contribution in [0, 0.1) is 0 Å². The number of para-hydroxylation sites is 1. The van der Waals surface area contributed by atoms with E-state index in [2.05, 4.69) is 85.0 Å². The Hall–Kier alpha value is -2.06. The summed E-state index contributed by atoms with van der Waals surface area (Å²) in [5.41, 5.74) is 5.26. The standard InChI is InChI=1S/C22H28N2/c1-4-9-18(2)12-13-19(3)24-17-20(16-23-14-7-8-15-23)21-10-5-6-11-22(21)24/h4-6,9-13,17H,7-8,14-16H2,1-3H3/b9-4-,18-12-,19-13+. The van der Waals surface area contributed by atoms with E-state index < -0.39 is 0 Å². The lowest BCUT2D eigenvalue weighted by molar-refractivity contribution is 0.332. The number of benzene rings is 1. The monoisotopic (exact) mass is 320 g/mol. The van der Waals surface area contributed by atoms with E-state index in [0.29, 0.717) is 0 Å². The molecule has 0 atom stereocenters. The van der Waals surface area contributed by atoms with E-state index in [9.17, 15) is 0 Å². The van der Waals surface area contributed by atoms with E-state index >= 15 is 0 Å². The van der Waals surface area contributed by atoms with Gasteiger partial charge in [0.25, 0.3) is 0 Å². The zero-order valence-electron chi connectivity index (χ0n) is 15.1. The molecule has 126 valence electrons. The summed E-state index contributed by atoms with van der Waals surface area (Å²) in [5.74, 6) is 0. The molecule has 0 saturated carbocycles. The number of fused-ring (bicyclic) bond motifs is 1. The molecule has 2 aromatic rings. The zero-order valence-corrected chi connectivity index (χ0v) is 15.1. The second-order valence-corrected chi connectivity index (χ2v) is 6.74. The minimum atomic E-state index is 1.06. The molecule has 0 amide bonds. The molecule has 1 aromatic carbocycles. The van der Waals surface area contributed by atoms with Crippen LogP contribution in [0.2, 0.25) is 0 Å². The van der Waals surface area contributed by atoms with Gasteiger partial charge < -0.3 is 4.57 Å². The minimum absolute atomic E-state index is 1.06. The van der Waals surface area contributed by atoms with Gasteiger partial charge in [-0.1, -0.05) is 42.0 Å². The van der Waals surface area contributed by atoms with E-state index in [0.717, 1.165) is 6.54 Å². The summed E-state index contributed by atoms with van der Waals surface area (Å²) >= 11 is 0. The van der Waals surface area contributed by atoms with Crippen molar-refractivity contribution in [2.75, 3.05) is 13.1 Å². The first-order chi connectivity index (χ1) is 11.7. The maximum Gasteiger partial charge on any atom is 0.0528 e. The van der Waals surface area contributed by atoms with Gasteiger partial charge in [0.1, 0.15) is 0 Å². The molecule has 2 nitrogen and oxygen atoms in total. The highest BCUT2D eigenvalue weighted by Crippen LogP contribution is 2.26. The number of aromatic nitrogens is 1. The number of rotatable bonds is 5. The quantitative estimate of drug-likeness (QED) is 0.649. The Kier molecular flexibility index (Phi) is 5.37. The first kappa shape index (κ1) is 16.8. The summed E-state index contributed by atoms with van der Waals surface area (Å²) in [5, 5.41) is 1.38. The van der Waals surface area contributed by atoms with Gasteiger partial charge in [-0.25, -0.2) is 0 Å². The van der Waals surface area contributed by atoms with Crippen molar-refractivity contribution in [1.29, 1.82) is 0 Å². The van der Waals surface area contributed by atoms with Crippen molar-refractivity contribution < 1.29 is 0 Å². The maximum atomic E-state index is 2.57. The Bertz CT molecular complexity index is 783. The minimum Gasteiger partial charge on any atom is -0.320 e. The molecule has 2 heterocycles. The molecule has 1 aromatic heterocycles. The highest BCUT2D eigenvalue weighted by molar-refractivity contribution is 5.86. The van der Waals surface area contributed by atoms with Crippen LogP contribution in [0.1, 0.15) is 39.2 Å². The molecule has 1 fully saturated rings. The van der Waals surface area contributed by atoms with E-state index in [1.54, 1.807) is 0 Å². The predicted molar refractivity (Wildman–Crippen MR) is 105 cm³/mol. The summed E-state index contributed by atoms with van der Waals surface area (Å²) in [4.78, 5) is 2.57. The summed E-state index contributed by atoms with van der Waals surface area (Å²) in [7, 11) is 0. The van der Waals surface area contributed by atoms with Crippen molar-refractivity contribution in [1.82, 2.24) is 9.47 Å². The van der Waals surface area contributed by atoms with Gasteiger partial charge in [0.2, 0.25) is 0 Å². The van der Waals surface area contributed by atoms with E-state index in [-0.39, 0.29) is 0 Å². The zero-order chi connectivity index (χ0) is 16.9. The number of likely N-dealkylation sites (tertiary alicyclic amines) is 1. The lowest BCUT2D eigenvalue weighted by atomic mass is 10.1. The Labute approximate surface area is 145 Å². The molecule has 0 spiro atoms. The Morgan fingerprint density at radius 1 is 1.08 bits per heavy atom. The lowest BCUT2D eigenvalue weighted by Crippen LogP contribution is -2.18. The average Bonchev–Trinajstić information content (AvgIpc) is 3.22. The van der Waals surface area contributed by atoms with Crippen molar-refractivity contribution in [2.45, 2.75) is 40.2 Å². The molecule has 0 radical (unpaired) electrons. The number of allylic oxidation sites excluding steroid dienone is 6. The van der Waals surface area contributed by atoms with Crippen LogP contribution in [-0.4, -0.2) is 22.6 Å². The SMILES string of the molecule is C\C=C/C(C)=C\C=C(/C)n1cc(CN2CCCC2)c2ccccc21. The largest absolute Gasteiger partial charge is 0.320 e. The van der Waals surface area contributed by atoms with Crippen LogP contribution in [-0.2, 0) is 6.54 Å². The Morgan fingerprint density at radius 3 is 2.58 bits per heavy atom. The van der Waals surface area contributed by atoms with Crippen molar-refractivity contribution in [2.24, 2.45) is 0 Å². The van der Waals surface area contributed by atoms with E-state index in [1.807, 2.05) is 0 Å². The fourth-order valence-electron chi connectivity index (χ4n) is 3.50. The van der Waals surface area contributed by atoms with Crippen LogP contribution in [0.5, 0.6) is 0 Å². The van der Waals surface area contributed by atoms with Gasteiger partial charge in [0.05, 0.1) is 5.52 Å². The highest BCUT2D eigenvalue weighted by Gasteiger charge is 2.15.